The van der Waals surface area contributed by atoms with Gasteiger partial charge in [0.1, 0.15) is 0 Å². The number of piperazine rings is 1. The monoisotopic (exact) mass is 210 g/mol. The summed E-state index contributed by atoms with van der Waals surface area (Å²) >= 11 is 5.78. The number of nitrogens with one attached hydrogen (secondary N) is 1. The molecule has 0 bridgehead atoms. The molecule has 1 aliphatic heterocycles. The Morgan fingerprint density at radius 3 is 2.64 bits per heavy atom. The third-order valence-electron chi connectivity index (χ3n) is 2.23. The first-order valence-electron chi connectivity index (χ1n) is 4.53. The lowest BCUT2D eigenvalue weighted by atomic mass is 10.2. The van der Waals surface area contributed by atoms with Crippen molar-refractivity contribution in [3.05, 3.63) is 29.3 Å². The third kappa shape index (κ3) is 1.99. The van der Waals surface area contributed by atoms with Crippen molar-refractivity contribution in [2.75, 3.05) is 24.5 Å². The van der Waals surface area contributed by atoms with E-state index < -0.39 is 0 Å². The number of benzene rings is 1. The van der Waals surface area contributed by atoms with Gasteiger partial charge < -0.3 is 10.2 Å². The average Bonchev–Trinajstić information content (AvgIpc) is 2.19. The Kier molecular flexibility index (Phi) is 2.59. The Hall–Kier alpha value is -1.22. The predicted molar refractivity (Wildman–Crippen MR) is 56.7 cm³/mol. The molecule has 0 radical (unpaired) electrons. The van der Waals surface area contributed by atoms with Crippen LogP contribution in [0.2, 0.25) is 5.02 Å². The minimum Gasteiger partial charge on any atom is -0.360 e. The maximum absolute atomic E-state index is 11.1. The number of amides is 1. The van der Waals surface area contributed by atoms with Crippen LogP contribution in [-0.2, 0) is 4.79 Å². The second-order valence-electron chi connectivity index (χ2n) is 3.25. The van der Waals surface area contributed by atoms with Crippen molar-refractivity contribution in [3.8, 4) is 0 Å². The molecule has 0 aromatic heterocycles. The Morgan fingerprint density at radius 1 is 1.29 bits per heavy atom. The molecular formula is C10H11ClN2O. The first kappa shape index (κ1) is 9.34. The summed E-state index contributed by atoms with van der Waals surface area (Å²) in [7, 11) is 0. The maximum Gasteiger partial charge on any atom is 0.239 e. The van der Waals surface area contributed by atoms with E-state index in [4.69, 9.17) is 11.6 Å². The van der Waals surface area contributed by atoms with Crippen molar-refractivity contribution in [1.82, 2.24) is 5.32 Å². The van der Waals surface area contributed by atoms with Gasteiger partial charge in [0.2, 0.25) is 5.91 Å². The van der Waals surface area contributed by atoms with Crippen LogP contribution in [0.5, 0.6) is 0 Å². The Bertz CT molecular complexity index is 336. The van der Waals surface area contributed by atoms with Crippen molar-refractivity contribution in [1.29, 1.82) is 0 Å². The Balaban J connectivity index is 2.14. The van der Waals surface area contributed by atoms with Crippen molar-refractivity contribution in [2.24, 2.45) is 0 Å². The lowest BCUT2D eigenvalue weighted by Gasteiger charge is -2.28. The van der Waals surface area contributed by atoms with E-state index >= 15 is 0 Å². The van der Waals surface area contributed by atoms with Gasteiger partial charge in [0.05, 0.1) is 6.54 Å². The van der Waals surface area contributed by atoms with Gasteiger partial charge in [-0.2, -0.15) is 0 Å². The highest BCUT2D eigenvalue weighted by molar-refractivity contribution is 6.30. The van der Waals surface area contributed by atoms with E-state index in [1.165, 1.54) is 0 Å². The molecule has 0 atom stereocenters. The minimum absolute atomic E-state index is 0.0752. The molecule has 1 N–H and O–H groups in total. The summed E-state index contributed by atoms with van der Waals surface area (Å²) in [5, 5.41) is 3.50. The zero-order valence-electron chi connectivity index (χ0n) is 7.66. The molecule has 1 amide bonds. The smallest absolute Gasteiger partial charge is 0.239 e. The Morgan fingerprint density at radius 2 is 2.00 bits per heavy atom. The molecule has 1 fully saturated rings. The second-order valence-corrected chi connectivity index (χ2v) is 3.68. The van der Waals surface area contributed by atoms with Crippen molar-refractivity contribution in [2.45, 2.75) is 0 Å². The number of hydrogen-bond acceptors (Lipinski definition) is 2. The number of halogens is 1. The van der Waals surface area contributed by atoms with E-state index in [-0.39, 0.29) is 5.91 Å². The van der Waals surface area contributed by atoms with E-state index in [0.717, 1.165) is 17.3 Å². The quantitative estimate of drug-likeness (QED) is 0.758. The maximum atomic E-state index is 11.1. The van der Waals surface area contributed by atoms with Crippen LogP contribution in [0.25, 0.3) is 0 Å². The van der Waals surface area contributed by atoms with E-state index in [2.05, 4.69) is 5.32 Å². The summed E-state index contributed by atoms with van der Waals surface area (Å²) in [5.41, 5.74) is 1.05. The summed E-state index contributed by atoms with van der Waals surface area (Å²) in [6.45, 7) is 2.00. The molecule has 1 aromatic rings. The van der Waals surface area contributed by atoms with Gasteiger partial charge in [0.15, 0.2) is 0 Å². The number of nitrogens with zero attached hydrogens (tertiary/aromatic N) is 1. The molecule has 74 valence electrons. The summed E-state index contributed by atoms with van der Waals surface area (Å²) in [5.74, 6) is 0.0752. The molecule has 2 rings (SSSR count). The molecule has 0 unspecified atom stereocenters. The summed E-state index contributed by atoms with van der Waals surface area (Å²) in [4.78, 5) is 13.2. The molecule has 1 saturated heterocycles. The third-order valence-corrected chi connectivity index (χ3v) is 2.48. The van der Waals surface area contributed by atoms with Crippen LogP contribution in [0, 0.1) is 0 Å². The average molecular weight is 211 g/mol. The number of anilines is 1. The van der Waals surface area contributed by atoms with Crippen LogP contribution in [0.15, 0.2) is 24.3 Å². The van der Waals surface area contributed by atoms with Gasteiger partial charge in [-0.25, -0.2) is 0 Å². The second kappa shape index (κ2) is 3.88. The van der Waals surface area contributed by atoms with Gasteiger partial charge >= 0.3 is 0 Å². The molecule has 4 heteroatoms. The van der Waals surface area contributed by atoms with Crippen LogP contribution in [0.4, 0.5) is 5.69 Å². The largest absolute Gasteiger partial charge is 0.360 e. The molecule has 0 aliphatic carbocycles. The minimum atomic E-state index is 0.0752. The van der Waals surface area contributed by atoms with Gasteiger partial charge in [-0.05, 0) is 24.3 Å². The highest BCUT2D eigenvalue weighted by Crippen LogP contribution is 2.18. The number of hydrogen-bond donors (Lipinski definition) is 1. The SMILES string of the molecule is O=C1CN(c2ccc(Cl)cc2)CCN1. The van der Waals surface area contributed by atoms with Crippen LogP contribution >= 0.6 is 11.6 Å². The van der Waals surface area contributed by atoms with Crippen molar-refractivity contribution >= 4 is 23.2 Å². The number of rotatable bonds is 1. The Labute approximate surface area is 87.7 Å². The first-order valence-corrected chi connectivity index (χ1v) is 4.91. The van der Waals surface area contributed by atoms with E-state index in [1.54, 1.807) is 0 Å². The van der Waals surface area contributed by atoms with Gasteiger partial charge in [-0.1, -0.05) is 11.6 Å². The fourth-order valence-electron chi connectivity index (χ4n) is 1.51. The standard InChI is InChI=1S/C10H11ClN2O/c11-8-1-3-9(4-2-8)13-6-5-12-10(14)7-13/h1-4H,5-7H2,(H,12,14). The molecule has 1 aromatic carbocycles. The molecule has 0 spiro atoms. The normalized spacial score (nSPS) is 16.6. The molecule has 1 aliphatic rings. The lowest BCUT2D eigenvalue weighted by Crippen LogP contribution is -2.47. The van der Waals surface area contributed by atoms with Crippen molar-refractivity contribution in [3.63, 3.8) is 0 Å². The molecule has 1 heterocycles. The molecule has 0 saturated carbocycles. The molecule has 14 heavy (non-hydrogen) atoms. The van der Waals surface area contributed by atoms with E-state index in [9.17, 15) is 4.79 Å². The highest BCUT2D eigenvalue weighted by Gasteiger charge is 2.15. The summed E-state index contributed by atoms with van der Waals surface area (Å²) < 4.78 is 0. The van der Waals surface area contributed by atoms with Gasteiger partial charge in [0, 0.05) is 23.8 Å². The van der Waals surface area contributed by atoms with Gasteiger partial charge in [-0.15, -0.1) is 0 Å². The van der Waals surface area contributed by atoms with Crippen LogP contribution < -0.4 is 10.2 Å². The highest BCUT2D eigenvalue weighted by atomic mass is 35.5. The molecule has 3 nitrogen and oxygen atoms in total. The lowest BCUT2D eigenvalue weighted by molar-refractivity contribution is -0.120. The van der Waals surface area contributed by atoms with E-state index in [1.807, 2.05) is 29.2 Å². The van der Waals surface area contributed by atoms with Gasteiger partial charge in [-0.3, -0.25) is 4.79 Å². The summed E-state index contributed by atoms with van der Waals surface area (Å²) in [6.07, 6.45) is 0. The predicted octanol–water partition coefficient (Wildman–Crippen LogP) is 1.28. The van der Waals surface area contributed by atoms with Crippen LogP contribution in [-0.4, -0.2) is 25.5 Å². The summed E-state index contributed by atoms with van der Waals surface area (Å²) in [6, 6.07) is 7.54. The van der Waals surface area contributed by atoms with E-state index in [0.29, 0.717) is 13.1 Å². The number of carbonyl (C=O) groups excluding carboxylic acids is 1. The topological polar surface area (TPSA) is 32.3 Å². The fraction of sp³-hybridized carbons (Fsp3) is 0.300. The number of carbonyl (C=O) groups is 1. The zero-order valence-corrected chi connectivity index (χ0v) is 8.42. The fourth-order valence-corrected chi connectivity index (χ4v) is 1.64. The van der Waals surface area contributed by atoms with Gasteiger partial charge in [0.25, 0.3) is 0 Å². The molecular weight excluding hydrogens is 200 g/mol. The first-order chi connectivity index (χ1) is 6.75. The van der Waals surface area contributed by atoms with Crippen LogP contribution in [0.3, 0.4) is 0 Å². The zero-order chi connectivity index (χ0) is 9.97. The van der Waals surface area contributed by atoms with Crippen LogP contribution in [0.1, 0.15) is 0 Å². The van der Waals surface area contributed by atoms with Crippen molar-refractivity contribution < 1.29 is 4.79 Å².